The highest BCUT2D eigenvalue weighted by Crippen LogP contribution is 2.32. The second-order valence-corrected chi connectivity index (χ2v) is 4.57. The molecule has 1 amide bonds. The van der Waals surface area contributed by atoms with E-state index in [9.17, 15) is 4.79 Å². The van der Waals surface area contributed by atoms with Gasteiger partial charge in [-0.1, -0.05) is 33.6 Å². The third-order valence-electron chi connectivity index (χ3n) is 3.75. The molecule has 2 heteroatoms. The highest BCUT2D eigenvalue weighted by molar-refractivity contribution is 5.79. The summed E-state index contributed by atoms with van der Waals surface area (Å²) in [5, 5.41) is 3.18. The fourth-order valence-electron chi connectivity index (χ4n) is 2.47. The summed E-state index contributed by atoms with van der Waals surface area (Å²) >= 11 is 0. The van der Waals surface area contributed by atoms with E-state index in [4.69, 9.17) is 0 Å². The molecule has 0 spiro atoms. The fourth-order valence-corrected chi connectivity index (χ4v) is 2.47. The van der Waals surface area contributed by atoms with E-state index in [1.165, 1.54) is 19.3 Å². The number of hydrogen-bond acceptors (Lipinski definition) is 1. The zero-order valence-electron chi connectivity index (χ0n) is 9.73. The second-order valence-electron chi connectivity index (χ2n) is 4.57. The summed E-state index contributed by atoms with van der Waals surface area (Å²) in [4.78, 5) is 11.3. The predicted octanol–water partition coefficient (Wildman–Crippen LogP) is 2.87. The maximum absolute atomic E-state index is 11.3. The molecule has 1 saturated heterocycles. The molecule has 0 aromatic carbocycles. The zero-order valence-corrected chi connectivity index (χ0v) is 9.73. The van der Waals surface area contributed by atoms with E-state index in [-0.39, 0.29) is 11.4 Å². The van der Waals surface area contributed by atoms with Gasteiger partial charge in [0.15, 0.2) is 0 Å². The van der Waals surface area contributed by atoms with E-state index in [2.05, 4.69) is 26.1 Å². The Morgan fingerprint density at radius 3 is 2.36 bits per heavy atom. The summed E-state index contributed by atoms with van der Waals surface area (Å²) in [6.45, 7) is 6.68. The van der Waals surface area contributed by atoms with E-state index in [1.54, 1.807) is 0 Å². The number of nitrogens with one attached hydrogen (secondary N) is 1. The van der Waals surface area contributed by atoms with Crippen molar-refractivity contribution in [3.8, 4) is 0 Å². The number of rotatable bonds is 5. The van der Waals surface area contributed by atoms with Crippen molar-refractivity contribution in [1.29, 1.82) is 0 Å². The first-order valence-electron chi connectivity index (χ1n) is 5.96. The minimum Gasteiger partial charge on any atom is -0.351 e. The molecule has 1 fully saturated rings. The van der Waals surface area contributed by atoms with Crippen LogP contribution < -0.4 is 5.32 Å². The molecule has 1 unspecified atom stereocenters. The maximum atomic E-state index is 11.3. The van der Waals surface area contributed by atoms with Gasteiger partial charge in [-0.25, -0.2) is 0 Å². The third-order valence-corrected chi connectivity index (χ3v) is 3.75. The number of amides is 1. The van der Waals surface area contributed by atoms with Crippen molar-refractivity contribution in [2.24, 2.45) is 5.92 Å². The molecule has 0 aromatic heterocycles. The lowest BCUT2D eigenvalue weighted by atomic mass is 9.82. The molecular weight excluding hydrogens is 174 g/mol. The van der Waals surface area contributed by atoms with Crippen molar-refractivity contribution in [1.82, 2.24) is 5.32 Å². The van der Waals surface area contributed by atoms with Gasteiger partial charge < -0.3 is 5.32 Å². The molecule has 0 aliphatic carbocycles. The van der Waals surface area contributed by atoms with Crippen LogP contribution in [-0.2, 0) is 4.79 Å². The van der Waals surface area contributed by atoms with Crippen LogP contribution in [0.5, 0.6) is 0 Å². The highest BCUT2D eigenvalue weighted by Gasteiger charge is 2.36. The van der Waals surface area contributed by atoms with Crippen molar-refractivity contribution in [3.63, 3.8) is 0 Å². The second kappa shape index (κ2) is 4.81. The molecule has 1 N–H and O–H groups in total. The average molecular weight is 197 g/mol. The summed E-state index contributed by atoms with van der Waals surface area (Å²) in [7, 11) is 0. The Kier molecular flexibility index (Phi) is 3.97. The molecule has 0 saturated carbocycles. The smallest absolute Gasteiger partial charge is 0.220 e. The van der Waals surface area contributed by atoms with E-state index < -0.39 is 0 Å². The molecular formula is C12H23NO. The predicted molar refractivity (Wildman–Crippen MR) is 59.1 cm³/mol. The highest BCUT2D eigenvalue weighted by atomic mass is 16.2. The Bertz CT molecular complexity index is 198. The Labute approximate surface area is 87.5 Å². The molecule has 0 radical (unpaired) electrons. The molecule has 82 valence electrons. The Balaban J connectivity index is 2.57. The largest absolute Gasteiger partial charge is 0.351 e. The summed E-state index contributed by atoms with van der Waals surface area (Å²) < 4.78 is 0. The van der Waals surface area contributed by atoms with Crippen LogP contribution in [0.2, 0.25) is 0 Å². The molecule has 1 heterocycles. The van der Waals surface area contributed by atoms with Gasteiger partial charge in [0.1, 0.15) is 0 Å². The first kappa shape index (κ1) is 11.5. The molecule has 1 atom stereocenters. The number of hydrogen-bond donors (Lipinski definition) is 1. The number of carbonyl (C=O) groups excluding carboxylic acids is 1. The SMILES string of the molecule is CCC(CC)CC1(CC)CCC(=O)N1. The fraction of sp³-hybridized carbons (Fsp3) is 0.917. The van der Waals surface area contributed by atoms with Gasteiger partial charge in [0.05, 0.1) is 0 Å². The Morgan fingerprint density at radius 1 is 1.36 bits per heavy atom. The summed E-state index contributed by atoms with van der Waals surface area (Å²) in [5.41, 5.74) is 0.133. The zero-order chi connectivity index (χ0) is 10.6. The van der Waals surface area contributed by atoms with Gasteiger partial charge in [-0.05, 0) is 25.2 Å². The average Bonchev–Trinajstić information content (AvgIpc) is 2.57. The summed E-state index contributed by atoms with van der Waals surface area (Å²) in [6.07, 6.45) is 6.48. The summed E-state index contributed by atoms with van der Waals surface area (Å²) in [6, 6.07) is 0. The van der Waals surface area contributed by atoms with Crippen LogP contribution in [0.25, 0.3) is 0 Å². The van der Waals surface area contributed by atoms with E-state index >= 15 is 0 Å². The molecule has 1 rings (SSSR count). The molecule has 1 aliphatic rings. The monoisotopic (exact) mass is 197 g/mol. The molecule has 0 bridgehead atoms. The molecule has 14 heavy (non-hydrogen) atoms. The van der Waals surface area contributed by atoms with Gasteiger partial charge >= 0.3 is 0 Å². The lowest BCUT2D eigenvalue weighted by Crippen LogP contribution is -2.42. The first-order chi connectivity index (χ1) is 6.65. The molecule has 0 aromatic rings. The van der Waals surface area contributed by atoms with Crippen molar-refractivity contribution < 1.29 is 4.79 Å². The number of carbonyl (C=O) groups is 1. The Hall–Kier alpha value is -0.530. The van der Waals surface area contributed by atoms with Crippen LogP contribution in [0.3, 0.4) is 0 Å². The minimum absolute atomic E-state index is 0.133. The third kappa shape index (κ3) is 2.49. The first-order valence-corrected chi connectivity index (χ1v) is 5.96. The van der Waals surface area contributed by atoms with Crippen LogP contribution in [-0.4, -0.2) is 11.4 Å². The van der Waals surface area contributed by atoms with E-state index in [1.807, 2.05) is 0 Å². The van der Waals surface area contributed by atoms with Crippen molar-refractivity contribution in [3.05, 3.63) is 0 Å². The van der Waals surface area contributed by atoms with Crippen LogP contribution in [0.4, 0.5) is 0 Å². The minimum atomic E-state index is 0.133. The lowest BCUT2D eigenvalue weighted by Gasteiger charge is -2.31. The maximum Gasteiger partial charge on any atom is 0.220 e. The van der Waals surface area contributed by atoms with Crippen LogP contribution >= 0.6 is 0 Å². The van der Waals surface area contributed by atoms with Crippen LogP contribution in [0, 0.1) is 5.92 Å². The van der Waals surface area contributed by atoms with Gasteiger partial charge in [0.2, 0.25) is 5.91 Å². The normalized spacial score (nSPS) is 27.0. The standard InChI is InChI=1S/C12H23NO/c1-4-10(5-2)9-12(6-3)8-7-11(14)13-12/h10H,4-9H2,1-3H3,(H,13,14). The quantitative estimate of drug-likeness (QED) is 0.721. The van der Waals surface area contributed by atoms with E-state index in [0.717, 1.165) is 25.2 Å². The topological polar surface area (TPSA) is 29.1 Å². The van der Waals surface area contributed by atoms with Crippen molar-refractivity contribution >= 4 is 5.91 Å². The summed E-state index contributed by atoms with van der Waals surface area (Å²) in [5.74, 6) is 1.02. The van der Waals surface area contributed by atoms with Crippen LogP contribution in [0.1, 0.15) is 59.3 Å². The van der Waals surface area contributed by atoms with E-state index in [0.29, 0.717) is 0 Å². The van der Waals surface area contributed by atoms with Gasteiger partial charge in [0.25, 0.3) is 0 Å². The molecule has 1 aliphatic heterocycles. The van der Waals surface area contributed by atoms with Crippen molar-refractivity contribution in [2.45, 2.75) is 64.8 Å². The van der Waals surface area contributed by atoms with Gasteiger partial charge in [-0.15, -0.1) is 0 Å². The lowest BCUT2D eigenvalue weighted by molar-refractivity contribution is -0.119. The molecule has 2 nitrogen and oxygen atoms in total. The van der Waals surface area contributed by atoms with Gasteiger partial charge in [0, 0.05) is 12.0 Å². The Morgan fingerprint density at radius 2 is 2.00 bits per heavy atom. The van der Waals surface area contributed by atoms with Crippen molar-refractivity contribution in [2.75, 3.05) is 0 Å². The van der Waals surface area contributed by atoms with Crippen LogP contribution in [0.15, 0.2) is 0 Å². The van der Waals surface area contributed by atoms with Gasteiger partial charge in [-0.3, -0.25) is 4.79 Å². The van der Waals surface area contributed by atoms with Gasteiger partial charge in [-0.2, -0.15) is 0 Å².